The summed E-state index contributed by atoms with van der Waals surface area (Å²) in [5, 5.41) is 2.09. The predicted molar refractivity (Wildman–Crippen MR) is 108 cm³/mol. The van der Waals surface area contributed by atoms with Crippen LogP contribution in [0.5, 0.6) is 5.75 Å². The number of ether oxygens (including phenoxy) is 2. The Bertz CT molecular complexity index is 1100. The summed E-state index contributed by atoms with van der Waals surface area (Å²) in [6.07, 6.45) is -4.64. The Balaban J connectivity index is 1.55. The first-order valence-corrected chi connectivity index (χ1v) is 9.33. The van der Waals surface area contributed by atoms with Crippen LogP contribution in [0.2, 0.25) is 0 Å². The van der Waals surface area contributed by atoms with E-state index in [-0.39, 0.29) is 18.0 Å². The van der Waals surface area contributed by atoms with E-state index < -0.39 is 35.9 Å². The fraction of sp³-hybridized carbons (Fsp3) is 0.130. The molecule has 0 saturated heterocycles. The van der Waals surface area contributed by atoms with E-state index in [0.29, 0.717) is 5.75 Å². The van der Waals surface area contributed by atoms with E-state index in [1.807, 2.05) is 0 Å². The minimum absolute atomic E-state index is 0.0881. The Morgan fingerprint density at radius 2 is 1.62 bits per heavy atom. The highest BCUT2D eigenvalue weighted by atomic mass is 19.4. The molecule has 5 nitrogen and oxygen atoms in total. The highest BCUT2D eigenvalue weighted by molar-refractivity contribution is 5.96. The number of esters is 1. The van der Waals surface area contributed by atoms with Crippen molar-refractivity contribution in [1.82, 2.24) is 0 Å². The molecule has 0 aliphatic rings. The Hall–Kier alpha value is -3.88. The van der Waals surface area contributed by atoms with Crippen LogP contribution in [0.15, 0.2) is 72.8 Å². The van der Waals surface area contributed by atoms with Gasteiger partial charge in [0.25, 0.3) is 5.91 Å². The number of amides is 1. The standard InChI is InChI=1S/C23H17F4NO4/c24-17-10-8-15(9-11-17)13-31-18-5-3-4-16(12-18)22(30)32-14-21(29)28-20-7-2-1-6-19(20)23(25,26)27/h1-12H,13-14H2,(H,28,29). The van der Waals surface area contributed by atoms with Crippen molar-refractivity contribution in [2.45, 2.75) is 12.8 Å². The zero-order valence-electron chi connectivity index (χ0n) is 16.5. The Morgan fingerprint density at radius 3 is 2.34 bits per heavy atom. The summed E-state index contributed by atoms with van der Waals surface area (Å²) < 4.78 is 62.4. The van der Waals surface area contributed by atoms with Crippen molar-refractivity contribution in [3.63, 3.8) is 0 Å². The number of hydrogen-bond acceptors (Lipinski definition) is 4. The van der Waals surface area contributed by atoms with E-state index in [0.717, 1.165) is 17.7 Å². The summed E-state index contributed by atoms with van der Waals surface area (Å²) in [5.74, 6) is -1.80. The van der Waals surface area contributed by atoms with Gasteiger partial charge in [0.2, 0.25) is 0 Å². The number of alkyl halides is 3. The smallest absolute Gasteiger partial charge is 0.418 e. The van der Waals surface area contributed by atoms with Crippen molar-refractivity contribution in [2.75, 3.05) is 11.9 Å². The highest BCUT2D eigenvalue weighted by Crippen LogP contribution is 2.34. The van der Waals surface area contributed by atoms with E-state index in [4.69, 9.17) is 9.47 Å². The molecule has 0 radical (unpaired) electrons. The number of para-hydroxylation sites is 1. The van der Waals surface area contributed by atoms with Crippen molar-refractivity contribution in [2.24, 2.45) is 0 Å². The Morgan fingerprint density at radius 1 is 0.906 bits per heavy atom. The topological polar surface area (TPSA) is 64.6 Å². The van der Waals surface area contributed by atoms with Crippen LogP contribution in [0.25, 0.3) is 0 Å². The third kappa shape index (κ3) is 6.31. The van der Waals surface area contributed by atoms with Crippen molar-refractivity contribution in [1.29, 1.82) is 0 Å². The third-order valence-corrected chi connectivity index (χ3v) is 4.23. The van der Waals surface area contributed by atoms with E-state index in [1.54, 1.807) is 18.2 Å². The number of halogens is 4. The zero-order chi connectivity index (χ0) is 23.1. The van der Waals surface area contributed by atoms with E-state index >= 15 is 0 Å². The van der Waals surface area contributed by atoms with Gasteiger partial charge in [0.1, 0.15) is 18.2 Å². The molecule has 9 heteroatoms. The van der Waals surface area contributed by atoms with Crippen molar-refractivity contribution in [3.05, 3.63) is 95.3 Å². The molecular weight excluding hydrogens is 430 g/mol. The average molecular weight is 447 g/mol. The number of carbonyl (C=O) groups is 2. The Labute approximate surface area is 180 Å². The summed E-state index contributed by atoms with van der Waals surface area (Å²) in [6.45, 7) is -0.633. The van der Waals surface area contributed by atoms with Gasteiger partial charge >= 0.3 is 12.1 Å². The van der Waals surface area contributed by atoms with Crippen LogP contribution in [0.3, 0.4) is 0 Å². The monoisotopic (exact) mass is 447 g/mol. The summed E-state index contributed by atoms with van der Waals surface area (Å²) >= 11 is 0. The molecule has 0 aromatic heterocycles. The minimum atomic E-state index is -4.64. The molecule has 0 atom stereocenters. The van der Waals surface area contributed by atoms with Gasteiger partial charge < -0.3 is 14.8 Å². The lowest BCUT2D eigenvalue weighted by molar-refractivity contribution is -0.137. The zero-order valence-corrected chi connectivity index (χ0v) is 16.5. The lowest BCUT2D eigenvalue weighted by Crippen LogP contribution is -2.22. The molecule has 0 fully saturated rings. The van der Waals surface area contributed by atoms with Crippen molar-refractivity contribution < 1.29 is 36.6 Å². The van der Waals surface area contributed by atoms with Gasteiger partial charge in [-0.05, 0) is 48.0 Å². The molecule has 0 saturated carbocycles. The quantitative estimate of drug-likeness (QED) is 0.399. The predicted octanol–water partition coefficient (Wildman–Crippen LogP) is 5.22. The summed E-state index contributed by atoms with van der Waals surface area (Å²) in [4.78, 5) is 24.2. The van der Waals surface area contributed by atoms with Crippen molar-refractivity contribution >= 4 is 17.6 Å². The fourth-order valence-corrected chi connectivity index (χ4v) is 2.70. The molecule has 166 valence electrons. The number of nitrogens with one attached hydrogen (secondary N) is 1. The Kier molecular flexibility index (Phi) is 7.09. The molecule has 1 amide bonds. The molecule has 0 heterocycles. The first kappa shape index (κ1) is 22.8. The molecule has 3 aromatic rings. The molecule has 1 N–H and O–H groups in total. The molecular formula is C23H17F4NO4. The molecule has 0 spiro atoms. The van der Waals surface area contributed by atoms with E-state index in [9.17, 15) is 27.2 Å². The number of rotatable bonds is 7. The van der Waals surface area contributed by atoms with Crippen LogP contribution in [0.4, 0.5) is 23.2 Å². The molecule has 0 aliphatic carbocycles. The molecule has 0 aliphatic heterocycles. The fourth-order valence-electron chi connectivity index (χ4n) is 2.70. The highest BCUT2D eigenvalue weighted by Gasteiger charge is 2.33. The minimum Gasteiger partial charge on any atom is -0.489 e. The third-order valence-electron chi connectivity index (χ3n) is 4.23. The van der Waals surface area contributed by atoms with Crippen LogP contribution in [0, 0.1) is 5.82 Å². The maximum absolute atomic E-state index is 13.0. The van der Waals surface area contributed by atoms with Gasteiger partial charge in [-0.1, -0.05) is 30.3 Å². The second-order valence-corrected chi connectivity index (χ2v) is 6.61. The first-order chi connectivity index (χ1) is 15.2. The second kappa shape index (κ2) is 9.95. The van der Waals surface area contributed by atoms with E-state index in [1.165, 1.54) is 42.5 Å². The van der Waals surface area contributed by atoms with Gasteiger partial charge in [0, 0.05) is 0 Å². The van der Waals surface area contributed by atoms with Crippen LogP contribution in [0.1, 0.15) is 21.5 Å². The van der Waals surface area contributed by atoms with Crippen LogP contribution in [-0.4, -0.2) is 18.5 Å². The molecule has 0 bridgehead atoms. The van der Waals surface area contributed by atoms with Crippen LogP contribution >= 0.6 is 0 Å². The molecule has 0 unspecified atom stereocenters. The first-order valence-electron chi connectivity index (χ1n) is 9.33. The van der Waals surface area contributed by atoms with Gasteiger partial charge in [0.05, 0.1) is 16.8 Å². The lowest BCUT2D eigenvalue weighted by atomic mass is 10.1. The number of carbonyl (C=O) groups excluding carboxylic acids is 2. The maximum Gasteiger partial charge on any atom is 0.418 e. The average Bonchev–Trinajstić information content (AvgIpc) is 2.77. The summed E-state index contributed by atoms with van der Waals surface area (Å²) in [5.41, 5.74) is -0.636. The maximum atomic E-state index is 13.0. The van der Waals surface area contributed by atoms with Gasteiger partial charge in [-0.2, -0.15) is 13.2 Å². The molecule has 3 aromatic carbocycles. The van der Waals surface area contributed by atoms with Gasteiger partial charge in [-0.25, -0.2) is 9.18 Å². The van der Waals surface area contributed by atoms with Crippen LogP contribution < -0.4 is 10.1 Å². The number of anilines is 1. The number of benzene rings is 3. The largest absolute Gasteiger partial charge is 0.489 e. The lowest BCUT2D eigenvalue weighted by Gasteiger charge is -2.13. The van der Waals surface area contributed by atoms with E-state index in [2.05, 4.69) is 5.32 Å². The van der Waals surface area contributed by atoms with Crippen molar-refractivity contribution in [3.8, 4) is 5.75 Å². The summed E-state index contributed by atoms with van der Waals surface area (Å²) in [6, 6.07) is 16.1. The second-order valence-electron chi connectivity index (χ2n) is 6.61. The number of hydrogen-bond donors (Lipinski definition) is 1. The van der Waals surface area contributed by atoms with Gasteiger partial charge in [-0.15, -0.1) is 0 Å². The summed E-state index contributed by atoms with van der Waals surface area (Å²) in [7, 11) is 0. The normalized spacial score (nSPS) is 11.0. The SMILES string of the molecule is O=C(COC(=O)c1cccc(OCc2ccc(F)cc2)c1)Nc1ccccc1C(F)(F)F. The molecule has 3 rings (SSSR count). The van der Waals surface area contributed by atoms with Crippen LogP contribution in [-0.2, 0) is 22.3 Å². The van der Waals surface area contributed by atoms with Gasteiger partial charge in [0.15, 0.2) is 6.61 Å². The molecule has 32 heavy (non-hydrogen) atoms. The van der Waals surface area contributed by atoms with Gasteiger partial charge in [-0.3, -0.25) is 4.79 Å².